The lowest BCUT2D eigenvalue weighted by molar-refractivity contribution is 0.407. The second kappa shape index (κ2) is 3.09. The number of rotatable bonds is 1. The zero-order chi connectivity index (χ0) is 9.19. The van der Waals surface area contributed by atoms with E-state index in [0.29, 0.717) is 0 Å². The van der Waals surface area contributed by atoms with Crippen LogP contribution in [0, 0.1) is 0 Å². The van der Waals surface area contributed by atoms with Gasteiger partial charge in [-0.05, 0) is 0 Å². The van der Waals surface area contributed by atoms with Crippen molar-refractivity contribution in [2.45, 2.75) is 26.2 Å². The van der Waals surface area contributed by atoms with Gasteiger partial charge in [-0.15, -0.1) is 0 Å². The van der Waals surface area contributed by atoms with Crippen LogP contribution in [0.1, 0.15) is 26.5 Å². The fourth-order valence-corrected chi connectivity index (χ4v) is 0.827. The minimum atomic E-state index is 0.0293. The van der Waals surface area contributed by atoms with Gasteiger partial charge in [-0.25, -0.2) is 0 Å². The highest BCUT2D eigenvalue weighted by molar-refractivity contribution is 5.22. The second-order valence-corrected chi connectivity index (χ2v) is 3.73. The van der Waals surface area contributed by atoms with Gasteiger partial charge in [-0.1, -0.05) is 20.8 Å². The molecule has 3 nitrogen and oxygen atoms in total. The third-order valence-corrected chi connectivity index (χ3v) is 1.63. The highest BCUT2D eigenvalue weighted by Gasteiger charge is 2.16. The van der Waals surface area contributed by atoms with Gasteiger partial charge in [-0.3, -0.25) is 0 Å². The molecule has 0 radical (unpaired) electrons. The monoisotopic (exact) mass is 166 g/mol. The van der Waals surface area contributed by atoms with E-state index in [2.05, 4.69) is 31.0 Å². The number of methoxy groups -OCH3 is 1. The summed E-state index contributed by atoms with van der Waals surface area (Å²) in [6.07, 6.45) is 1.61. The lowest BCUT2D eigenvalue weighted by Gasteiger charge is -2.16. The maximum Gasteiger partial charge on any atom is 0.140 e. The molecule has 1 aromatic heterocycles. The molecule has 66 valence electrons. The Morgan fingerprint density at radius 3 is 2.50 bits per heavy atom. The highest BCUT2D eigenvalue weighted by Crippen LogP contribution is 2.21. The predicted molar refractivity (Wildman–Crippen MR) is 47.3 cm³/mol. The van der Waals surface area contributed by atoms with Crippen molar-refractivity contribution in [3.63, 3.8) is 0 Å². The Bertz CT molecular complexity index is 265. The topological polar surface area (TPSA) is 35.0 Å². The van der Waals surface area contributed by atoms with Crippen LogP contribution < -0.4 is 4.74 Å². The van der Waals surface area contributed by atoms with E-state index in [0.717, 1.165) is 11.4 Å². The molecule has 1 aromatic rings. The summed E-state index contributed by atoms with van der Waals surface area (Å²) in [5, 5.41) is 7.88. The summed E-state index contributed by atoms with van der Waals surface area (Å²) >= 11 is 0. The SMILES string of the molecule is COc1cnnc(C(C)(C)C)c1. The van der Waals surface area contributed by atoms with Crippen LogP contribution in [0.15, 0.2) is 12.3 Å². The average molecular weight is 166 g/mol. The van der Waals surface area contributed by atoms with Gasteiger partial charge in [0.15, 0.2) is 0 Å². The molecule has 1 rings (SSSR count). The fraction of sp³-hybridized carbons (Fsp3) is 0.556. The Morgan fingerprint density at radius 1 is 1.33 bits per heavy atom. The van der Waals surface area contributed by atoms with Crippen molar-refractivity contribution in [1.82, 2.24) is 10.2 Å². The molecule has 3 heteroatoms. The Balaban J connectivity index is 3.02. The van der Waals surface area contributed by atoms with Crippen LogP contribution >= 0.6 is 0 Å². The Morgan fingerprint density at radius 2 is 2.00 bits per heavy atom. The van der Waals surface area contributed by atoms with Crippen molar-refractivity contribution < 1.29 is 4.74 Å². The first-order chi connectivity index (χ1) is 5.54. The molecular formula is C9H14N2O. The molecule has 0 unspecified atom stereocenters. The van der Waals surface area contributed by atoms with Gasteiger partial charge in [0.2, 0.25) is 0 Å². The molecule has 0 aliphatic heterocycles. The predicted octanol–water partition coefficient (Wildman–Crippen LogP) is 1.78. The zero-order valence-electron chi connectivity index (χ0n) is 7.96. The third kappa shape index (κ3) is 1.94. The van der Waals surface area contributed by atoms with Gasteiger partial charge >= 0.3 is 0 Å². The van der Waals surface area contributed by atoms with Crippen LogP contribution in [0.3, 0.4) is 0 Å². The molecule has 0 saturated heterocycles. The minimum Gasteiger partial charge on any atom is -0.495 e. The quantitative estimate of drug-likeness (QED) is 0.638. The van der Waals surface area contributed by atoms with Gasteiger partial charge < -0.3 is 4.74 Å². The Hall–Kier alpha value is -1.12. The van der Waals surface area contributed by atoms with Crippen LogP contribution in [0.4, 0.5) is 0 Å². The van der Waals surface area contributed by atoms with Gasteiger partial charge in [-0.2, -0.15) is 10.2 Å². The molecule has 0 fully saturated rings. The first-order valence-corrected chi connectivity index (χ1v) is 3.91. The van der Waals surface area contributed by atoms with E-state index in [9.17, 15) is 0 Å². The summed E-state index contributed by atoms with van der Waals surface area (Å²) < 4.78 is 5.05. The second-order valence-electron chi connectivity index (χ2n) is 3.73. The molecule has 0 spiro atoms. The molecule has 0 saturated carbocycles. The van der Waals surface area contributed by atoms with E-state index in [-0.39, 0.29) is 5.41 Å². The summed E-state index contributed by atoms with van der Waals surface area (Å²) in [4.78, 5) is 0. The van der Waals surface area contributed by atoms with E-state index in [1.165, 1.54) is 0 Å². The lowest BCUT2D eigenvalue weighted by atomic mass is 9.92. The first kappa shape index (κ1) is 8.97. The summed E-state index contributed by atoms with van der Waals surface area (Å²) in [6.45, 7) is 6.28. The Labute approximate surface area is 72.8 Å². The van der Waals surface area contributed by atoms with E-state index in [1.807, 2.05) is 6.07 Å². The Kier molecular flexibility index (Phi) is 2.31. The highest BCUT2D eigenvalue weighted by atomic mass is 16.5. The first-order valence-electron chi connectivity index (χ1n) is 3.91. The number of hydrogen-bond donors (Lipinski definition) is 0. The van der Waals surface area contributed by atoms with E-state index in [4.69, 9.17) is 4.74 Å². The largest absolute Gasteiger partial charge is 0.495 e. The lowest BCUT2D eigenvalue weighted by Crippen LogP contribution is -2.14. The van der Waals surface area contributed by atoms with Crippen LogP contribution in [0.5, 0.6) is 5.75 Å². The summed E-state index contributed by atoms with van der Waals surface area (Å²) in [6, 6.07) is 1.91. The van der Waals surface area contributed by atoms with E-state index < -0.39 is 0 Å². The van der Waals surface area contributed by atoms with Crippen LogP contribution in [0.25, 0.3) is 0 Å². The van der Waals surface area contributed by atoms with Gasteiger partial charge in [0.25, 0.3) is 0 Å². The van der Waals surface area contributed by atoms with Crippen molar-refractivity contribution in [2.24, 2.45) is 0 Å². The zero-order valence-corrected chi connectivity index (χ0v) is 7.96. The van der Waals surface area contributed by atoms with Crippen LogP contribution in [-0.2, 0) is 5.41 Å². The van der Waals surface area contributed by atoms with Gasteiger partial charge in [0.05, 0.1) is 19.0 Å². The third-order valence-electron chi connectivity index (χ3n) is 1.63. The summed E-state index contributed by atoms with van der Waals surface area (Å²) in [5.74, 6) is 0.759. The minimum absolute atomic E-state index is 0.0293. The molecule has 0 N–H and O–H groups in total. The number of hydrogen-bond acceptors (Lipinski definition) is 3. The molecule has 0 amide bonds. The van der Waals surface area contributed by atoms with Crippen molar-refractivity contribution in [3.05, 3.63) is 18.0 Å². The van der Waals surface area contributed by atoms with Crippen LogP contribution in [0.2, 0.25) is 0 Å². The summed E-state index contributed by atoms with van der Waals surface area (Å²) in [5.41, 5.74) is 0.975. The van der Waals surface area contributed by atoms with Gasteiger partial charge in [0, 0.05) is 11.5 Å². The molecule has 1 heterocycles. The molecule has 0 bridgehead atoms. The number of ether oxygens (including phenoxy) is 1. The van der Waals surface area contributed by atoms with E-state index in [1.54, 1.807) is 13.3 Å². The average Bonchev–Trinajstić information content (AvgIpc) is 2.03. The number of nitrogens with zero attached hydrogens (tertiary/aromatic N) is 2. The van der Waals surface area contributed by atoms with Crippen LogP contribution in [-0.4, -0.2) is 17.3 Å². The normalized spacial score (nSPS) is 11.3. The number of aromatic nitrogens is 2. The molecular weight excluding hydrogens is 152 g/mol. The van der Waals surface area contributed by atoms with Crippen molar-refractivity contribution in [3.8, 4) is 5.75 Å². The fourth-order valence-electron chi connectivity index (χ4n) is 0.827. The maximum absolute atomic E-state index is 5.05. The smallest absolute Gasteiger partial charge is 0.140 e. The molecule has 0 atom stereocenters. The van der Waals surface area contributed by atoms with Crippen molar-refractivity contribution in [1.29, 1.82) is 0 Å². The molecule has 0 aromatic carbocycles. The summed E-state index contributed by atoms with van der Waals surface area (Å²) in [7, 11) is 1.63. The van der Waals surface area contributed by atoms with Crippen molar-refractivity contribution in [2.75, 3.05) is 7.11 Å². The van der Waals surface area contributed by atoms with Gasteiger partial charge in [0.1, 0.15) is 5.75 Å². The van der Waals surface area contributed by atoms with E-state index >= 15 is 0 Å². The standard InChI is InChI=1S/C9H14N2O/c1-9(2,3)8-5-7(12-4)6-10-11-8/h5-6H,1-4H3. The molecule has 0 aliphatic carbocycles. The molecule has 0 aliphatic rings. The van der Waals surface area contributed by atoms with Crippen molar-refractivity contribution >= 4 is 0 Å². The maximum atomic E-state index is 5.05. The molecule has 12 heavy (non-hydrogen) atoms.